The maximum atomic E-state index is 13.6. The van der Waals surface area contributed by atoms with Gasteiger partial charge in [0.05, 0.1) is 5.92 Å². The van der Waals surface area contributed by atoms with Crippen molar-refractivity contribution in [3.05, 3.63) is 0 Å². The summed E-state index contributed by atoms with van der Waals surface area (Å²) in [7, 11) is 0. The van der Waals surface area contributed by atoms with E-state index >= 15 is 0 Å². The van der Waals surface area contributed by atoms with Crippen LogP contribution < -0.4 is 0 Å². The molecule has 0 rings (SSSR count). The molecule has 3 heteroatoms. The van der Waals surface area contributed by atoms with Gasteiger partial charge in [-0.15, -0.1) is 0 Å². The van der Waals surface area contributed by atoms with Crippen molar-refractivity contribution in [3.63, 3.8) is 0 Å². The topological polar surface area (TPSA) is 0 Å². The van der Waals surface area contributed by atoms with Gasteiger partial charge in [-0.05, 0) is 36.5 Å². The van der Waals surface area contributed by atoms with Crippen molar-refractivity contribution in [2.75, 3.05) is 0 Å². The maximum absolute atomic E-state index is 13.6. The minimum atomic E-state index is -4.06. The van der Waals surface area contributed by atoms with Crippen LogP contribution in [0.1, 0.15) is 86.5 Å². The predicted octanol–water partition coefficient (Wildman–Crippen LogP) is 7.48. The molecular formula is C19H37F3. The van der Waals surface area contributed by atoms with Crippen LogP contribution in [0, 0.1) is 29.6 Å². The second kappa shape index (κ2) is 10.5. The molecule has 0 aromatic heterocycles. The highest BCUT2D eigenvalue weighted by Gasteiger charge is 2.44. The molecule has 0 aromatic carbocycles. The Morgan fingerprint density at radius 2 is 1.32 bits per heavy atom. The summed E-state index contributed by atoms with van der Waals surface area (Å²) in [6, 6.07) is 0. The summed E-state index contributed by atoms with van der Waals surface area (Å²) >= 11 is 0. The Kier molecular flexibility index (Phi) is 10.4. The van der Waals surface area contributed by atoms with E-state index in [2.05, 4.69) is 34.6 Å². The Morgan fingerprint density at radius 3 is 1.68 bits per heavy atom. The Hall–Kier alpha value is -0.210. The van der Waals surface area contributed by atoms with E-state index < -0.39 is 12.1 Å². The largest absolute Gasteiger partial charge is 0.392 e. The first kappa shape index (κ1) is 21.8. The summed E-state index contributed by atoms with van der Waals surface area (Å²) in [5, 5.41) is 0. The molecule has 0 amide bonds. The molecule has 0 saturated heterocycles. The van der Waals surface area contributed by atoms with Crippen LogP contribution in [0.4, 0.5) is 13.2 Å². The minimum absolute atomic E-state index is 0.200. The number of rotatable bonds is 11. The lowest BCUT2D eigenvalue weighted by Gasteiger charge is -2.33. The number of hydrogen-bond acceptors (Lipinski definition) is 0. The van der Waals surface area contributed by atoms with Crippen molar-refractivity contribution >= 4 is 0 Å². The third-order valence-corrected chi connectivity index (χ3v) is 5.63. The van der Waals surface area contributed by atoms with Gasteiger partial charge in [-0.2, -0.15) is 13.2 Å². The SMILES string of the molecule is CCCC(CC(C(C)CC(CC)CC)C(F)(F)F)C(C)CC. The quantitative estimate of drug-likeness (QED) is 0.370. The van der Waals surface area contributed by atoms with E-state index in [4.69, 9.17) is 0 Å². The fourth-order valence-corrected chi connectivity index (χ4v) is 3.67. The molecule has 0 radical (unpaired) electrons. The molecule has 0 fully saturated rings. The molecule has 0 spiro atoms. The summed E-state index contributed by atoms with van der Waals surface area (Å²) in [6.07, 6.45) is 1.77. The molecule has 22 heavy (non-hydrogen) atoms. The maximum Gasteiger partial charge on any atom is 0.392 e. The third kappa shape index (κ3) is 7.37. The van der Waals surface area contributed by atoms with Gasteiger partial charge in [0.25, 0.3) is 0 Å². The highest BCUT2D eigenvalue weighted by Crippen LogP contribution is 2.42. The highest BCUT2D eigenvalue weighted by atomic mass is 19.4. The molecule has 0 aliphatic heterocycles. The van der Waals surface area contributed by atoms with Crippen LogP contribution in [0.15, 0.2) is 0 Å². The molecule has 0 heterocycles. The van der Waals surface area contributed by atoms with E-state index in [1.54, 1.807) is 0 Å². The first-order chi connectivity index (χ1) is 10.2. The van der Waals surface area contributed by atoms with Gasteiger partial charge in [0.2, 0.25) is 0 Å². The van der Waals surface area contributed by atoms with Gasteiger partial charge in [-0.3, -0.25) is 0 Å². The number of halogens is 3. The summed E-state index contributed by atoms with van der Waals surface area (Å²) in [5.74, 6) is -0.407. The van der Waals surface area contributed by atoms with Crippen LogP contribution in [0.3, 0.4) is 0 Å². The first-order valence-electron chi connectivity index (χ1n) is 9.27. The molecule has 0 aromatic rings. The number of hydrogen-bond donors (Lipinski definition) is 0. The monoisotopic (exact) mass is 322 g/mol. The fraction of sp³-hybridized carbons (Fsp3) is 1.00. The molecule has 0 nitrogen and oxygen atoms in total. The van der Waals surface area contributed by atoms with Crippen LogP contribution in [0.2, 0.25) is 0 Å². The molecule has 4 atom stereocenters. The van der Waals surface area contributed by atoms with E-state index in [0.29, 0.717) is 24.7 Å². The van der Waals surface area contributed by atoms with Crippen molar-refractivity contribution < 1.29 is 13.2 Å². The molecule has 0 bridgehead atoms. The van der Waals surface area contributed by atoms with E-state index in [9.17, 15) is 13.2 Å². The van der Waals surface area contributed by atoms with Crippen molar-refractivity contribution in [2.45, 2.75) is 92.7 Å². The van der Waals surface area contributed by atoms with E-state index in [0.717, 1.165) is 32.1 Å². The summed E-state index contributed by atoms with van der Waals surface area (Å²) < 4.78 is 40.8. The Balaban J connectivity index is 5.03. The van der Waals surface area contributed by atoms with Gasteiger partial charge in [0.1, 0.15) is 0 Å². The smallest absolute Gasteiger partial charge is 0.171 e. The van der Waals surface area contributed by atoms with E-state index in [1.165, 1.54) is 0 Å². The zero-order chi connectivity index (χ0) is 17.3. The first-order valence-corrected chi connectivity index (χ1v) is 9.27. The Morgan fingerprint density at radius 1 is 0.773 bits per heavy atom. The Labute approximate surface area is 136 Å². The van der Waals surface area contributed by atoms with Gasteiger partial charge in [0, 0.05) is 0 Å². The second-order valence-corrected chi connectivity index (χ2v) is 7.21. The third-order valence-electron chi connectivity index (χ3n) is 5.63. The highest BCUT2D eigenvalue weighted by molar-refractivity contribution is 4.80. The van der Waals surface area contributed by atoms with Crippen LogP contribution in [-0.2, 0) is 0 Å². The molecule has 4 unspecified atom stereocenters. The average Bonchev–Trinajstić information content (AvgIpc) is 2.46. The average molecular weight is 322 g/mol. The predicted molar refractivity (Wildman–Crippen MR) is 89.9 cm³/mol. The lowest BCUT2D eigenvalue weighted by molar-refractivity contribution is -0.195. The van der Waals surface area contributed by atoms with Gasteiger partial charge >= 0.3 is 6.18 Å². The van der Waals surface area contributed by atoms with Gasteiger partial charge in [0.15, 0.2) is 0 Å². The van der Waals surface area contributed by atoms with Crippen molar-refractivity contribution in [2.24, 2.45) is 29.6 Å². The summed E-state index contributed by atoms with van der Waals surface area (Å²) in [5.41, 5.74) is 0. The minimum Gasteiger partial charge on any atom is -0.171 e. The van der Waals surface area contributed by atoms with Crippen LogP contribution in [0.25, 0.3) is 0 Å². The van der Waals surface area contributed by atoms with Crippen LogP contribution in [0.5, 0.6) is 0 Å². The van der Waals surface area contributed by atoms with Crippen LogP contribution >= 0.6 is 0 Å². The fourth-order valence-electron chi connectivity index (χ4n) is 3.67. The Bertz CT molecular complexity index is 268. The van der Waals surface area contributed by atoms with E-state index in [1.807, 2.05) is 6.92 Å². The van der Waals surface area contributed by atoms with Crippen molar-refractivity contribution in [1.82, 2.24) is 0 Å². The zero-order valence-electron chi connectivity index (χ0n) is 15.5. The number of alkyl halides is 3. The van der Waals surface area contributed by atoms with Gasteiger partial charge < -0.3 is 0 Å². The molecule has 0 saturated carbocycles. The lowest BCUT2D eigenvalue weighted by atomic mass is 9.74. The standard InChI is InChI=1S/C19H37F3/c1-7-11-17(14(5)8-2)13-18(19(20,21)22)15(6)12-16(9-3)10-4/h14-18H,7-13H2,1-6H3. The van der Waals surface area contributed by atoms with Gasteiger partial charge in [-0.25, -0.2) is 0 Å². The van der Waals surface area contributed by atoms with Gasteiger partial charge in [-0.1, -0.05) is 73.6 Å². The molecule has 0 aliphatic carbocycles. The molecule has 134 valence electrons. The lowest BCUT2D eigenvalue weighted by Crippen LogP contribution is -2.33. The van der Waals surface area contributed by atoms with Crippen molar-refractivity contribution in [1.29, 1.82) is 0 Å². The second-order valence-electron chi connectivity index (χ2n) is 7.21. The summed E-state index contributed by atoms with van der Waals surface area (Å²) in [6.45, 7) is 12.3. The van der Waals surface area contributed by atoms with E-state index in [-0.39, 0.29) is 11.8 Å². The molecule has 0 N–H and O–H groups in total. The zero-order valence-corrected chi connectivity index (χ0v) is 15.5. The normalized spacial score (nSPS) is 18.3. The molecule has 0 aliphatic rings. The summed E-state index contributed by atoms with van der Waals surface area (Å²) in [4.78, 5) is 0. The molecular weight excluding hydrogens is 285 g/mol. The van der Waals surface area contributed by atoms with Crippen molar-refractivity contribution in [3.8, 4) is 0 Å². The van der Waals surface area contributed by atoms with Crippen LogP contribution in [-0.4, -0.2) is 6.18 Å².